The van der Waals surface area contributed by atoms with E-state index in [9.17, 15) is 0 Å². The van der Waals surface area contributed by atoms with Gasteiger partial charge in [0.2, 0.25) is 0 Å². The van der Waals surface area contributed by atoms with Crippen LogP contribution in [0.4, 0.5) is 0 Å². The van der Waals surface area contributed by atoms with Crippen molar-refractivity contribution in [2.45, 2.75) is 39.8 Å². The van der Waals surface area contributed by atoms with Crippen molar-refractivity contribution < 1.29 is 0 Å². The first-order chi connectivity index (χ1) is 11.0. The van der Waals surface area contributed by atoms with Crippen molar-refractivity contribution in [3.63, 3.8) is 0 Å². The van der Waals surface area contributed by atoms with Gasteiger partial charge in [0.05, 0.1) is 11.9 Å². The fourth-order valence-electron chi connectivity index (χ4n) is 2.75. The van der Waals surface area contributed by atoms with E-state index < -0.39 is 0 Å². The molecule has 0 bridgehead atoms. The van der Waals surface area contributed by atoms with Crippen molar-refractivity contribution in [1.29, 1.82) is 0 Å². The van der Waals surface area contributed by atoms with E-state index in [2.05, 4.69) is 45.8 Å². The molecule has 0 saturated carbocycles. The topological polar surface area (TPSA) is 59.2 Å². The summed E-state index contributed by atoms with van der Waals surface area (Å²) in [5.41, 5.74) is 5.23. The van der Waals surface area contributed by atoms with Crippen LogP contribution in [0.25, 0.3) is 5.65 Å². The van der Waals surface area contributed by atoms with Crippen LogP contribution in [0.2, 0.25) is 0 Å². The SMILES string of the molecule is Cc1cc(C)n2ncc(CN(C)C(C)Cc3cnccn3)c2n1. The highest BCUT2D eigenvalue weighted by Gasteiger charge is 2.15. The first kappa shape index (κ1) is 15.6. The summed E-state index contributed by atoms with van der Waals surface area (Å²) < 4.78 is 1.91. The molecule has 0 saturated heterocycles. The molecule has 0 aliphatic carbocycles. The number of hydrogen-bond donors (Lipinski definition) is 0. The normalized spacial score (nSPS) is 12.9. The third kappa shape index (κ3) is 3.37. The minimum atomic E-state index is 0.354. The molecule has 23 heavy (non-hydrogen) atoms. The van der Waals surface area contributed by atoms with Gasteiger partial charge in [-0.15, -0.1) is 0 Å². The summed E-state index contributed by atoms with van der Waals surface area (Å²) in [4.78, 5) is 15.4. The summed E-state index contributed by atoms with van der Waals surface area (Å²) in [5, 5.41) is 4.46. The van der Waals surface area contributed by atoms with E-state index in [1.807, 2.05) is 29.9 Å². The van der Waals surface area contributed by atoms with Gasteiger partial charge in [0.25, 0.3) is 0 Å². The minimum Gasteiger partial charge on any atom is -0.299 e. The number of aryl methyl sites for hydroxylation is 2. The van der Waals surface area contributed by atoms with Crippen LogP contribution in [-0.4, -0.2) is 42.6 Å². The summed E-state index contributed by atoms with van der Waals surface area (Å²) in [7, 11) is 2.12. The van der Waals surface area contributed by atoms with Crippen LogP contribution in [0.15, 0.2) is 30.9 Å². The lowest BCUT2D eigenvalue weighted by molar-refractivity contribution is 0.247. The van der Waals surface area contributed by atoms with E-state index in [1.54, 1.807) is 12.4 Å². The summed E-state index contributed by atoms with van der Waals surface area (Å²) in [6.07, 6.45) is 8.05. The summed E-state index contributed by atoms with van der Waals surface area (Å²) in [6, 6.07) is 2.40. The van der Waals surface area contributed by atoms with E-state index in [0.717, 1.165) is 41.3 Å². The molecular weight excluding hydrogens is 288 g/mol. The average Bonchev–Trinajstić information content (AvgIpc) is 2.91. The van der Waals surface area contributed by atoms with Crippen LogP contribution in [-0.2, 0) is 13.0 Å². The average molecular weight is 310 g/mol. The molecule has 1 unspecified atom stereocenters. The smallest absolute Gasteiger partial charge is 0.159 e. The molecule has 0 fully saturated rings. The molecule has 6 heteroatoms. The van der Waals surface area contributed by atoms with E-state index >= 15 is 0 Å². The first-order valence-corrected chi connectivity index (χ1v) is 7.80. The second-order valence-electron chi connectivity index (χ2n) is 6.11. The van der Waals surface area contributed by atoms with Gasteiger partial charge in [-0.3, -0.25) is 14.9 Å². The van der Waals surface area contributed by atoms with Crippen molar-refractivity contribution in [1.82, 2.24) is 29.5 Å². The number of likely N-dealkylation sites (N-methyl/N-ethyl adjacent to an activating group) is 1. The van der Waals surface area contributed by atoms with Crippen molar-refractivity contribution in [3.05, 3.63) is 53.5 Å². The van der Waals surface area contributed by atoms with Crippen LogP contribution < -0.4 is 0 Å². The van der Waals surface area contributed by atoms with Gasteiger partial charge in [0.1, 0.15) is 0 Å². The van der Waals surface area contributed by atoms with E-state index in [0.29, 0.717) is 6.04 Å². The fraction of sp³-hybridized carbons (Fsp3) is 0.412. The van der Waals surface area contributed by atoms with Gasteiger partial charge in [-0.05, 0) is 33.9 Å². The second-order valence-corrected chi connectivity index (χ2v) is 6.11. The largest absolute Gasteiger partial charge is 0.299 e. The quantitative estimate of drug-likeness (QED) is 0.723. The maximum atomic E-state index is 4.64. The lowest BCUT2D eigenvalue weighted by Crippen LogP contribution is -2.30. The highest BCUT2D eigenvalue weighted by Crippen LogP contribution is 2.15. The molecule has 0 aromatic carbocycles. The molecule has 3 aromatic heterocycles. The molecule has 0 aliphatic rings. The zero-order valence-electron chi connectivity index (χ0n) is 14.1. The Kier molecular flexibility index (Phi) is 4.34. The van der Waals surface area contributed by atoms with Gasteiger partial charge in [0, 0.05) is 54.5 Å². The van der Waals surface area contributed by atoms with Gasteiger partial charge in [-0.1, -0.05) is 0 Å². The van der Waals surface area contributed by atoms with Crippen LogP contribution in [0.5, 0.6) is 0 Å². The predicted octanol–water partition coefficient (Wildman–Crippen LogP) is 2.20. The van der Waals surface area contributed by atoms with E-state index in [4.69, 9.17) is 0 Å². The molecule has 1 atom stereocenters. The van der Waals surface area contributed by atoms with Crippen LogP contribution >= 0.6 is 0 Å². The van der Waals surface area contributed by atoms with Crippen molar-refractivity contribution in [2.75, 3.05) is 7.05 Å². The number of rotatable bonds is 5. The molecule has 0 spiro atoms. The van der Waals surface area contributed by atoms with Gasteiger partial charge < -0.3 is 0 Å². The molecule has 0 amide bonds. The Morgan fingerprint density at radius 3 is 2.78 bits per heavy atom. The van der Waals surface area contributed by atoms with Crippen molar-refractivity contribution in [3.8, 4) is 0 Å². The Morgan fingerprint density at radius 1 is 1.22 bits per heavy atom. The molecular formula is C17H22N6. The Hall–Kier alpha value is -2.34. The Bertz CT molecular complexity index is 795. The maximum Gasteiger partial charge on any atom is 0.159 e. The lowest BCUT2D eigenvalue weighted by atomic mass is 10.1. The van der Waals surface area contributed by atoms with Crippen LogP contribution in [0.3, 0.4) is 0 Å². The lowest BCUT2D eigenvalue weighted by Gasteiger charge is -2.23. The van der Waals surface area contributed by atoms with Crippen molar-refractivity contribution >= 4 is 5.65 Å². The summed E-state index contributed by atoms with van der Waals surface area (Å²) >= 11 is 0. The highest BCUT2D eigenvalue weighted by molar-refractivity contribution is 5.47. The molecule has 0 aliphatic heterocycles. The molecule has 0 N–H and O–H groups in total. The zero-order chi connectivity index (χ0) is 16.4. The Balaban J connectivity index is 1.76. The molecule has 0 radical (unpaired) electrons. The predicted molar refractivity (Wildman–Crippen MR) is 89.1 cm³/mol. The molecule has 3 rings (SSSR count). The monoisotopic (exact) mass is 310 g/mol. The first-order valence-electron chi connectivity index (χ1n) is 7.80. The standard InChI is InChI=1S/C17H22N6/c1-12-7-14(3)23-17(21-12)15(9-20-23)11-22(4)13(2)8-16-10-18-5-6-19-16/h5-7,9-10,13H,8,11H2,1-4H3. The van der Waals surface area contributed by atoms with Crippen molar-refractivity contribution in [2.24, 2.45) is 0 Å². The van der Waals surface area contributed by atoms with Gasteiger partial charge in [-0.25, -0.2) is 9.50 Å². The third-order valence-electron chi connectivity index (χ3n) is 4.14. The van der Waals surface area contributed by atoms with Crippen LogP contribution in [0, 0.1) is 13.8 Å². The fourth-order valence-corrected chi connectivity index (χ4v) is 2.75. The molecule has 120 valence electrons. The summed E-state index contributed by atoms with van der Waals surface area (Å²) in [6.45, 7) is 7.08. The minimum absolute atomic E-state index is 0.354. The number of hydrogen-bond acceptors (Lipinski definition) is 5. The molecule has 3 heterocycles. The Labute approximate surface area is 136 Å². The summed E-state index contributed by atoms with van der Waals surface area (Å²) in [5.74, 6) is 0. The van der Waals surface area contributed by atoms with Crippen LogP contribution in [0.1, 0.15) is 29.6 Å². The molecule has 6 nitrogen and oxygen atoms in total. The van der Waals surface area contributed by atoms with Gasteiger partial charge in [0.15, 0.2) is 5.65 Å². The highest BCUT2D eigenvalue weighted by atomic mass is 15.3. The molecule has 3 aromatic rings. The van der Waals surface area contributed by atoms with E-state index in [1.165, 1.54) is 0 Å². The zero-order valence-corrected chi connectivity index (χ0v) is 14.1. The maximum absolute atomic E-state index is 4.64. The Morgan fingerprint density at radius 2 is 2.04 bits per heavy atom. The third-order valence-corrected chi connectivity index (χ3v) is 4.14. The second kappa shape index (κ2) is 6.42. The van der Waals surface area contributed by atoms with E-state index in [-0.39, 0.29) is 0 Å². The number of aromatic nitrogens is 5. The van der Waals surface area contributed by atoms with Gasteiger partial charge >= 0.3 is 0 Å². The van der Waals surface area contributed by atoms with Gasteiger partial charge in [-0.2, -0.15) is 5.10 Å². The number of fused-ring (bicyclic) bond motifs is 1. The number of nitrogens with zero attached hydrogens (tertiary/aromatic N) is 6.